The summed E-state index contributed by atoms with van der Waals surface area (Å²) < 4.78 is 17.4. The first kappa shape index (κ1) is 19.1. The highest BCUT2D eigenvalue weighted by Gasteiger charge is 2.21. The molecule has 1 aromatic heterocycles. The average Bonchev–Trinajstić information content (AvgIpc) is 2.75. The van der Waals surface area contributed by atoms with Gasteiger partial charge in [0.2, 0.25) is 5.75 Å². The second-order valence-corrected chi connectivity index (χ2v) is 6.99. The highest BCUT2D eigenvalue weighted by atomic mass is 16.5. The molecule has 0 saturated carbocycles. The molecule has 29 heavy (non-hydrogen) atoms. The van der Waals surface area contributed by atoms with Crippen molar-refractivity contribution in [1.29, 1.82) is 0 Å². The molecule has 0 atom stereocenters. The van der Waals surface area contributed by atoms with Gasteiger partial charge in [0.15, 0.2) is 5.75 Å². The summed E-state index contributed by atoms with van der Waals surface area (Å²) in [5.74, 6) is 0.622. The Morgan fingerprint density at radius 1 is 0.793 bits per heavy atom. The predicted octanol–water partition coefficient (Wildman–Crippen LogP) is 6.19. The maximum atomic E-state index is 12.6. The number of hydrogen-bond donors (Lipinski definition) is 0. The molecular weight excluding hydrogens is 364 g/mol. The topological polar surface area (TPSA) is 48.7 Å². The first-order chi connectivity index (χ1) is 14.2. The van der Waals surface area contributed by atoms with E-state index < -0.39 is 5.63 Å². The summed E-state index contributed by atoms with van der Waals surface area (Å²) in [5, 5.41) is 3.09. The third kappa shape index (κ3) is 3.70. The second kappa shape index (κ2) is 8.39. The van der Waals surface area contributed by atoms with Gasteiger partial charge < -0.3 is 13.9 Å². The molecule has 3 aromatic carbocycles. The summed E-state index contributed by atoms with van der Waals surface area (Å²) in [5.41, 5.74) is 1.97. The Kier molecular flexibility index (Phi) is 5.52. The number of rotatable bonds is 7. The molecule has 0 amide bonds. The van der Waals surface area contributed by atoms with Gasteiger partial charge >= 0.3 is 5.63 Å². The maximum absolute atomic E-state index is 12.6. The minimum absolute atomic E-state index is 0.154. The molecule has 0 unspecified atom stereocenters. The van der Waals surface area contributed by atoms with Gasteiger partial charge in [-0.05, 0) is 46.9 Å². The van der Waals surface area contributed by atoms with Crippen molar-refractivity contribution >= 4 is 21.7 Å². The average molecular weight is 388 g/mol. The van der Waals surface area contributed by atoms with Crippen molar-refractivity contribution < 1.29 is 13.9 Å². The second-order valence-electron chi connectivity index (χ2n) is 6.99. The molecule has 0 spiro atoms. The van der Waals surface area contributed by atoms with E-state index in [1.807, 2.05) is 38.1 Å². The number of fused-ring (bicyclic) bond motifs is 2. The van der Waals surface area contributed by atoms with Crippen LogP contribution in [-0.2, 0) is 0 Å². The van der Waals surface area contributed by atoms with E-state index in [0.29, 0.717) is 24.5 Å². The molecular formula is C25H24O4. The van der Waals surface area contributed by atoms with Crippen LogP contribution in [0, 0.1) is 0 Å². The van der Waals surface area contributed by atoms with Crippen LogP contribution in [0.25, 0.3) is 32.9 Å². The maximum Gasteiger partial charge on any atom is 0.383 e. The van der Waals surface area contributed by atoms with Crippen LogP contribution >= 0.6 is 0 Å². The number of hydrogen-bond acceptors (Lipinski definition) is 4. The minimum Gasteiger partial charge on any atom is -0.489 e. The molecule has 4 nitrogen and oxygen atoms in total. The van der Waals surface area contributed by atoms with Crippen LogP contribution in [0.5, 0.6) is 11.5 Å². The van der Waals surface area contributed by atoms with E-state index in [4.69, 9.17) is 13.9 Å². The summed E-state index contributed by atoms with van der Waals surface area (Å²) >= 11 is 0. The summed E-state index contributed by atoms with van der Waals surface area (Å²) in [6.07, 6.45) is 1.62. The van der Waals surface area contributed by atoms with E-state index in [9.17, 15) is 4.79 Å². The fourth-order valence-corrected chi connectivity index (χ4v) is 3.47. The Labute approximate surface area is 169 Å². The Morgan fingerprint density at radius 3 is 2.28 bits per heavy atom. The zero-order chi connectivity index (χ0) is 20.2. The third-order valence-electron chi connectivity index (χ3n) is 4.81. The Balaban J connectivity index is 1.99. The van der Waals surface area contributed by atoms with E-state index in [1.54, 1.807) is 6.07 Å². The van der Waals surface area contributed by atoms with Crippen LogP contribution < -0.4 is 15.1 Å². The van der Waals surface area contributed by atoms with Gasteiger partial charge in [-0.25, -0.2) is 4.79 Å². The van der Waals surface area contributed by atoms with Gasteiger partial charge in [-0.15, -0.1) is 0 Å². The molecule has 0 fully saturated rings. The first-order valence-electron chi connectivity index (χ1n) is 10.1. The first-order valence-corrected chi connectivity index (χ1v) is 10.1. The molecule has 4 rings (SSSR count). The van der Waals surface area contributed by atoms with Gasteiger partial charge in [0.05, 0.1) is 18.6 Å². The van der Waals surface area contributed by atoms with Crippen LogP contribution in [-0.4, -0.2) is 13.2 Å². The van der Waals surface area contributed by atoms with E-state index in [1.165, 1.54) is 5.39 Å². The molecule has 0 N–H and O–H groups in total. The lowest BCUT2D eigenvalue weighted by Gasteiger charge is -2.16. The van der Waals surface area contributed by atoms with E-state index in [2.05, 4.69) is 30.3 Å². The lowest BCUT2D eigenvalue weighted by Crippen LogP contribution is -2.11. The number of ether oxygens (including phenoxy) is 2. The van der Waals surface area contributed by atoms with Gasteiger partial charge in [0.25, 0.3) is 0 Å². The van der Waals surface area contributed by atoms with Gasteiger partial charge in [-0.3, -0.25) is 0 Å². The fraction of sp³-hybridized carbons (Fsp3) is 0.240. The van der Waals surface area contributed by atoms with Crippen LogP contribution in [0.2, 0.25) is 0 Å². The highest BCUT2D eigenvalue weighted by molar-refractivity contribution is 6.01. The summed E-state index contributed by atoms with van der Waals surface area (Å²) in [6, 6.07) is 20.3. The summed E-state index contributed by atoms with van der Waals surface area (Å²) in [6.45, 7) is 4.95. The van der Waals surface area contributed by atoms with Crippen LogP contribution in [0.3, 0.4) is 0 Å². The van der Waals surface area contributed by atoms with Gasteiger partial charge in [0, 0.05) is 0 Å². The van der Waals surface area contributed by atoms with Crippen molar-refractivity contribution in [1.82, 2.24) is 0 Å². The monoisotopic (exact) mass is 388 g/mol. The third-order valence-corrected chi connectivity index (χ3v) is 4.81. The smallest absolute Gasteiger partial charge is 0.383 e. The molecule has 4 heteroatoms. The summed E-state index contributed by atoms with van der Waals surface area (Å²) in [4.78, 5) is 12.6. The fourth-order valence-electron chi connectivity index (χ4n) is 3.47. The Hall–Kier alpha value is -3.27. The van der Waals surface area contributed by atoms with Gasteiger partial charge in [0.1, 0.15) is 5.58 Å². The lowest BCUT2D eigenvalue weighted by atomic mass is 9.97. The largest absolute Gasteiger partial charge is 0.489 e. The molecule has 1 heterocycles. The van der Waals surface area contributed by atoms with Gasteiger partial charge in [-0.2, -0.15) is 0 Å². The number of benzene rings is 3. The molecule has 0 bridgehead atoms. The zero-order valence-corrected chi connectivity index (χ0v) is 16.7. The molecule has 0 aliphatic carbocycles. The van der Waals surface area contributed by atoms with Crippen molar-refractivity contribution in [3.05, 3.63) is 71.1 Å². The van der Waals surface area contributed by atoms with Crippen molar-refractivity contribution in [2.75, 3.05) is 13.2 Å². The quantitative estimate of drug-likeness (QED) is 0.354. The van der Waals surface area contributed by atoms with Crippen LogP contribution in [0.15, 0.2) is 69.9 Å². The van der Waals surface area contributed by atoms with E-state index in [0.717, 1.165) is 34.7 Å². The Morgan fingerprint density at radius 2 is 1.52 bits per heavy atom. The predicted molar refractivity (Wildman–Crippen MR) is 117 cm³/mol. The minimum atomic E-state index is -0.507. The SMILES string of the molecule is CCCOc1c(OCCC)c2c(-c3ccc4ccccc4c3)cccc2oc1=O. The molecule has 148 valence electrons. The van der Waals surface area contributed by atoms with E-state index in [-0.39, 0.29) is 5.75 Å². The highest BCUT2D eigenvalue weighted by Crippen LogP contribution is 2.40. The van der Waals surface area contributed by atoms with E-state index >= 15 is 0 Å². The molecule has 0 radical (unpaired) electrons. The molecule has 0 aliphatic rings. The zero-order valence-electron chi connectivity index (χ0n) is 16.7. The van der Waals surface area contributed by atoms with Crippen molar-refractivity contribution in [2.45, 2.75) is 26.7 Å². The van der Waals surface area contributed by atoms with Crippen LogP contribution in [0.4, 0.5) is 0 Å². The van der Waals surface area contributed by atoms with Crippen molar-refractivity contribution in [2.24, 2.45) is 0 Å². The molecule has 0 aliphatic heterocycles. The Bertz CT molecular complexity index is 1210. The normalized spacial score (nSPS) is 11.1. The van der Waals surface area contributed by atoms with Gasteiger partial charge in [-0.1, -0.05) is 62.4 Å². The van der Waals surface area contributed by atoms with Crippen molar-refractivity contribution in [3.63, 3.8) is 0 Å². The van der Waals surface area contributed by atoms with Crippen LogP contribution in [0.1, 0.15) is 26.7 Å². The molecule has 0 saturated heterocycles. The molecule has 4 aromatic rings. The van der Waals surface area contributed by atoms with Crippen molar-refractivity contribution in [3.8, 4) is 22.6 Å². The standard InChI is InChI=1S/C25H24O4/c1-3-14-27-23-22-20(19-13-12-17-8-5-6-9-18(17)16-19)10-7-11-21(22)29-25(26)24(23)28-15-4-2/h5-13,16H,3-4,14-15H2,1-2H3. The lowest BCUT2D eigenvalue weighted by molar-refractivity contribution is 0.259. The summed E-state index contributed by atoms with van der Waals surface area (Å²) in [7, 11) is 0.